The Balaban J connectivity index is 1.67. The predicted octanol–water partition coefficient (Wildman–Crippen LogP) is 1.81. The third-order valence-corrected chi connectivity index (χ3v) is 4.75. The van der Waals surface area contributed by atoms with Crippen molar-refractivity contribution in [3.63, 3.8) is 0 Å². The lowest BCUT2D eigenvalue weighted by Crippen LogP contribution is -2.39. The van der Waals surface area contributed by atoms with E-state index in [1.54, 1.807) is 0 Å². The van der Waals surface area contributed by atoms with Crippen molar-refractivity contribution in [2.24, 2.45) is 11.8 Å². The molecule has 1 N–H and O–H groups in total. The zero-order valence-corrected chi connectivity index (χ0v) is 12.1. The van der Waals surface area contributed by atoms with Gasteiger partial charge in [-0.2, -0.15) is 0 Å². The van der Waals surface area contributed by atoms with Crippen LogP contribution in [0.4, 0.5) is 0 Å². The maximum absolute atomic E-state index is 10.1. The van der Waals surface area contributed by atoms with E-state index in [1.165, 1.54) is 45.3 Å². The lowest BCUT2D eigenvalue weighted by atomic mass is 9.80. The summed E-state index contributed by atoms with van der Waals surface area (Å²) in [5, 5.41) is 10.1. The first-order chi connectivity index (χ1) is 8.65. The summed E-state index contributed by atoms with van der Waals surface area (Å²) in [6.45, 7) is 8.32. The molecular weight excluding hydrogens is 224 g/mol. The summed E-state index contributed by atoms with van der Waals surface area (Å²) in [7, 11) is 2.21. The molecule has 18 heavy (non-hydrogen) atoms. The minimum absolute atomic E-state index is 0.0598. The number of aliphatic hydroxyl groups is 1. The second kappa shape index (κ2) is 6.88. The van der Waals surface area contributed by atoms with Crippen LogP contribution in [0, 0.1) is 11.8 Å². The van der Waals surface area contributed by atoms with Gasteiger partial charge in [0.05, 0.1) is 6.10 Å². The molecule has 0 radical (unpaired) electrons. The molecule has 1 aliphatic carbocycles. The molecule has 1 heterocycles. The van der Waals surface area contributed by atoms with Crippen LogP contribution in [0.25, 0.3) is 0 Å². The Morgan fingerprint density at radius 2 is 1.94 bits per heavy atom. The number of rotatable bonds is 5. The van der Waals surface area contributed by atoms with Crippen LogP contribution in [0.2, 0.25) is 0 Å². The van der Waals surface area contributed by atoms with Crippen molar-refractivity contribution >= 4 is 0 Å². The van der Waals surface area contributed by atoms with Crippen LogP contribution in [0.15, 0.2) is 0 Å². The molecule has 3 atom stereocenters. The van der Waals surface area contributed by atoms with Gasteiger partial charge in [0.15, 0.2) is 0 Å². The third kappa shape index (κ3) is 4.22. The fraction of sp³-hybridized carbons (Fsp3) is 1.00. The van der Waals surface area contributed by atoms with Crippen LogP contribution < -0.4 is 0 Å². The first-order valence-electron chi connectivity index (χ1n) is 7.74. The second-order valence-electron chi connectivity index (χ2n) is 6.56. The van der Waals surface area contributed by atoms with Crippen LogP contribution in [0.1, 0.15) is 39.0 Å². The van der Waals surface area contributed by atoms with Crippen LogP contribution in [0.5, 0.6) is 0 Å². The topological polar surface area (TPSA) is 26.7 Å². The molecule has 1 saturated heterocycles. The van der Waals surface area contributed by atoms with Gasteiger partial charge in [0.2, 0.25) is 0 Å². The number of hydrogen-bond acceptors (Lipinski definition) is 3. The zero-order chi connectivity index (χ0) is 13.0. The Bertz CT molecular complexity index is 241. The van der Waals surface area contributed by atoms with E-state index in [2.05, 4.69) is 23.8 Å². The standard InChI is InChI=1S/C15H30N2O/c1-13-5-6-15(18)14(11-13)12-16(2)9-10-17-7-3-4-8-17/h13-15,18H,3-12H2,1-2H3. The van der Waals surface area contributed by atoms with Gasteiger partial charge in [-0.25, -0.2) is 0 Å². The summed E-state index contributed by atoms with van der Waals surface area (Å²) in [6, 6.07) is 0. The normalized spacial score (nSPS) is 34.3. The largest absolute Gasteiger partial charge is 0.393 e. The van der Waals surface area contributed by atoms with E-state index in [0.29, 0.717) is 5.92 Å². The molecule has 1 aliphatic heterocycles. The van der Waals surface area contributed by atoms with E-state index in [0.717, 1.165) is 25.4 Å². The smallest absolute Gasteiger partial charge is 0.0580 e. The average molecular weight is 254 g/mol. The number of hydrogen-bond donors (Lipinski definition) is 1. The highest BCUT2D eigenvalue weighted by molar-refractivity contribution is 4.80. The molecule has 2 rings (SSSR count). The minimum Gasteiger partial charge on any atom is -0.393 e. The molecule has 0 aromatic rings. The monoisotopic (exact) mass is 254 g/mol. The van der Waals surface area contributed by atoms with Gasteiger partial charge < -0.3 is 14.9 Å². The van der Waals surface area contributed by atoms with Gasteiger partial charge in [0.1, 0.15) is 0 Å². The number of likely N-dealkylation sites (tertiary alicyclic amines) is 1. The van der Waals surface area contributed by atoms with Crippen molar-refractivity contribution in [3.8, 4) is 0 Å². The van der Waals surface area contributed by atoms with Gasteiger partial charge in [-0.15, -0.1) is 0 Å². The number of aliphatic hydroxyl groups excluding tert-OH is 1. The van der Waals surface area contributed by atoms with Gasteiger partial charge in [-0.3, -0.25) is 0 Å². The molecule has 0 spiro atoms. The Kier molecular flexibility index (Phi) is 5.46. The highest BCUT2D eigenvalue weighted by Gasteiger charge is 2.27. The Morgan fingerprint density at radius 1 is 1.22 bits per heavy atom. The van der Waals surface area contributed by atoms with Gasteiger partial charge in [-0.1, -0.05) is 6.92 Å². The van der Waals surface area contributed by atoms with Crippen LogP contribution in [0.3, 0.4) is 0 Å². The summed E-state index contributed by atoms with van der Waals surface area (Å²) >= 11 is 0. The van der Waals surface area contributed by atoms with E-state index < -0.39 is 0 Å². The third-order valence-electron chi connectivity index (χ3n) is 4.75. The van der Waals surface area contributed by atoms with Crippen molar-refractivity contribution in [3.05, 3.63) is 0 Å². The lowest BCUT2D eigenvalue weighted by Gasteiger charge is -2.34. The SMILES string of the molecule is CC1CCC(O)C(CN(C)CCN2CCCC2)C1. The summed E-state index contributed by atoms with van der Waals surface area (Å²) in [6.07, 6.45) is 6.11. The van der Waals surface area contributed by atoms with Gasteiger partial charge in [0.25, 0.3) is 0 Å². The first kappa shape index (κ1) is 14.3. The molecular formula is C15H30N2O. The van der Waals surface area contributed by atoms with E-state index in [1.807, 2.05) is 0 Å². The number of nitrogens with zero attached hydrogens (tertiary/aromatic N) is 2. The fourth-order valence-corrected chi connectivity index (χ4v) is 3.49. The summed E-state index contributed by atoms with van der Waals surface area (Å²) in [4.78, 5) is 4.99. The molecule has 2 fully saturated rings. The average Bonchev–Trinajstić information content (AvgIpc) is 2.84. The zero-order valence-electron chi connectivity index (χ0n) is 12.1. The number of likely N-dealkylation sites (N-methyl/N-ethyl adjacent to an activating group) is 1. The quantitative estimate of drug-likeness (QED) is 0.810. The van der Waals surface area contributed by atoms with Crippen molar-refractivity contribution in [2.45, 2.75) is 45.1 Å². The van der Waals surface area contributed by atoms with E-state index in [9.17, 15) is 5.11 Å². The molecule has 3 unspecified atom stereocenters. The van der Waals surface area contributed by atoms with E-state index in [4.69, 9.17) is 0 Å². The van der Waals surface area contributed by atoms with Crippen LogP contribution in [-0.2, 0) is 0 Å². The molecule has 2 aliphatic rings. The fourth-order valence-electron chi connectivity index (χ4n) is 3.49. The summed E-state index contributed by atoms with van der Waals surface area (Å²) in [5.74, 6) is 1.29. The van der Waals surface area contributed by atoms with Crippen LogP contribution in [-0.4, -0.2) is 60.8 Å². The van der Waals surface area contributed by atoms with Crippen molar-refractivity contribution in [1.29, 1.82) is 0 Å². The van der Waals surface area contributed by atoms with Gasteiger partial charge in [0, 0.05) is 19.6 Å². The maximum Gasteiger partial charge on any atom is 0.0580 e. The molecule has 0 amide bonds. The van der Waals surface area contributed by atoms with Gasteiger partial charge >= 0.3 is 0 Å². The van der Waals surface area contributed by atoms with Crippen molar-refractivity contribution < 1.29 is 5.11 Å². The Morgan fingerprint density at radius 3 is 2.67 bits per heavy atom. The Labute approximate surface area is 112 Å². The second-order valence-corrected chi connectivity index (χ2v) is 6.56. The van der Waals surface area contributed by atoms with E-state index >= 15 is 0 Å². The summed E-state index contributed by atoms with van der Waals surface area (Å²) < 4.78 is 0. The highest BCUT2D eigenvalue weighted by atomic mass is 16.3. The van der Waals surface area contributed by atoms with Crippen LogP contribution >= 0.6 is 0 Å². The molecule has 0 aromatic carbocycles. The predicted molar refractivity (Wildman–Crippen MR) is 75.7 cm³/mol. The molecule has 106 valence electrons. The van der Waals surface area contributed by atoms with Gasteiger partial charge in [-0.05, 0) is 64.1 Å². The Hall–Kier alpha value is -0.120. The molecule has 0 bridgehead atoms. The highest BCUT2D eigenvalue weighted by Crippen LogP contribution is 2.29. The summed E-state index contributed by atoms with van der Waals surface area (Å²) in [5.41, 5.74) is 0. The molecule has 1 saturated carbocycles. The minimum atomic E-state index is -0.0598. The van der Waals surface area contributed by atoms with E-state index in [-0.39, 0.29) is 6.10 Å². The van der Waals surface area contributed by atoms with Crippen molar-refractivity contribution in [1.82, 2.24) is 9.80 Å². The molecule has 3 nitrogen and oxygen atoms in total. The lowest BCUT2D eigenvalue weighted by molar-refractivity contribution is 0.0338. The maximum atomic E-state index is 10.1. The first-order valence-corrected chi connectivity index (χ1v) is 7.74. The molecule has 3 heteroatoms. The van der Waals surface area contributed by atoms with Crippen molar-refractivity contribution in [2.75, 3.05) is 39.8 Å². The molecule has 0 aromatic heterocycles.